The van der Waals surface area contributed by atoms with Crippen molar-refractivity contribution in [2.45, 2.75) is 30.7 Å². The van der Waals surface area contributed by atoms with Gasteiger partial charge in [0, 0.05) is 11.5 Å². The standard InChI is InChI=1S/C15H16O9/c16-5-8-10(18)12(20)13(21)15(23-8)22-7-3-1-6-2-4-9(17)24-14(6)11(7)19/h1-4,8,10,12-13,15-16,18-21H,5H2/t8-,10+,12+,13+,15+/m0/s1. The van der Waals surface area contributed by atoms with E-state index in [1.807, 2.05) is 0 Å². The molecule has 1 aromatic carbocycles. The third-order valence-electron chi connectivity index (χ3n) is 3.82. The van der Waals surface area contributed by atoms with Crippen LogP contribution in [0.2, 0.25) is 0 Å². The fourth-order valence-electron chi connectivity index (χ4n) is 2.48. The molecule has 0 bridgehead atoms. The number of phenolic OH excluding ortho intramolecular Hbond substituents is 1. The second-order valence-electron chi connectivity index (χ2n) is 5.40. The van der Waals surface area contributed by atoms with Crippen LogP contribution in [0.5, 0.6) is 11.5 Å². The van der Waals surface area contributed by atoms with Crippen molar-refractivity contribution in [1.29, 1.82) is 0 Å². The van der Waals surface area contributed by atoms with Gasteiger partial charge in [0.15, 0.2) is 11.3 Å². The van der Waals surface area contributed by atoms with Gasteiger partial charge in [-0.25, -0.2) is 4.79 Å². The van der Waals surface area contributed by atoms with E-state index >= 15 is 0 Å². The predicted molar refractivity (Wildman–Crippen MR) is 78.5 cm³/mol. The number of aliphatic hydroxyl groups excluding tert-OH is 4. The number of aliphatic hydroxyl groups is 4. The number of hydrogen-bond donors (Lipinski definition) is 5. The van der Waals surface area contributed by atoms with Crippen molar-refractivity contribution in [3.05, 3.63) is 34.7 Å². The summed E-state index contributed by atoms with van der Waals surface area (Å²) in [5.41, 5.74) is -0.771. The van der Waals surface area contributed by atoms with E-state index in [9.17, 15) is 25.2 Å². The molecule has 5 atom stereocenters. The van der Waals surface area contributed by atoms with Gasteiger partial charge in [-0.05, 0) is 18.2 Å². The molecule has 5 N–H and O–H groups in total. The highest BCUT2D eigenvalue weighted by atomic mass is 16.7. The van der Waals surface area contributed by atoms with Gasteiger partial charge < -0.3 is 39.4 Å². The molecule has 1 aromatic heterocycles. The lowest BCUT2D eigenvalue weighted by Gasteiger charge is -2.39. The third-order valence-corrected chi connectivity index (χ3v) is 3.82. The molecule has 0 spiro atoms. The van der Waals surface area contributed by atoms with Gasteiger partial charge >= 0.3 is 5.63 Å². The van der Waals surface area contributed by atoms with E-state index < -0.39 is 48.7 Å². The van der Waals surface area contributed by atoms with Gasteiger partial charge in [0.25, 0.3) is 0 Å². The highest BCUT2D eigenvalue weighted by Gasteiger charge is 2.45. The number of aromatic hydroxyl groups is 1. The number of fused-ring (bicyclic) bond motifs is 1. The van der Waals surface area contributed by atoms with Gasteiger partial charge in [0.05, 0.1) is 6.61 Å². The predicted octanol–water partition coefficient (Wildman–Crippen LogP) is -1.32. The molecule has 130 valence electrons. The molecule has 0 saturated carbocycles. The zero-order valence-corrected chi connectivity index (χ0v) is 12.3. The second kappa shape index (κ2) is 6.38. The smallest absolute Gasteiger partial charge is 0.336 e. The largest absolute Gasteiger partial charge is 0.502 e. The van der Waals surface area contributed by atoms with Crippen LogP contribution < -0.4 is 10.4 Å². The van der Waals surface area contributed by atoms with Crippen LogP contribution in [-0.4, -0.2) is 62.8 Å². The molecule has 0 aliphatic carbocycles. The Kier molecular flexibility index (Phi) is 4.43. The number of rotatable bonds is 3. The van der Waals surface area contributed by atoms with Gasteiger partial charge in [-0.1, -0.05) is 0 Å². The van der Waals surface area contributed by atoms with Crippen LogP contribution in [0.15, 0.2) is 33.5 Å². The molecular formula is C15H16O9. The minimum atomic E-state index is -1.62. The van der Waals surface area contributed by atoms with E-state index in [1.54, 1.807) is 0 Å². The highest BCUT2D eigenvalue weighted by molar-refractivity contribution is 5.84. The van der Waals surface area contributed by atoms with Gasteiger partial charge in [-0.2, -0.15) is 0 Å². The Morgan fingerprint density at radius 3 is 2.46 bits per heavy atom. The molecule has 24 heavy (non-hydrogen) atoms. The first-order valence-electron chi connectivity index (χ1n) is 7.15. The normalized spacial score (nSPS) is 30.4. The first-order chi connectivity index (χ1) is 11.4. The van der Waals surface area contributed by atoms with E-state index in [-0.39, 0.29) is 11.3 Å². The number of benzene rings is 1. The molecule has 0 unspecified atom stereocenters. The van der Waals surface area contributed by atoms with Crippen LogP contribution in [0.4, 0.5) is 0 Å². The summed E-state index contributed by atoms with van der Waals surface area (Å²) in [7, 11) is 0. The average molecular weight is 340 g/mol. The third kappa shape index (κ3) is 2.83. The number of ether oxygens (including phenoxy) is 2. The summed E-state index contributed by atoms with van der Waals surface area (Å²) in [6, 6.07) is 5.52. The highest BCUT2D eigenvalue weighted by Crippen LogP contribution is 2.35. The van der Waals surface area contributed by atoms with Gasteiger partial charge in [0.1, 0.15) is 24.4 Å². The average Bonchev–Trinajstić information content (AvgIpc) is 2.58. The Bertz CT molecular complexity index is 784. The second-order valence-corrected chi connectivity index (χ2v) is 5.40. The zero-order valence-electron chi connectivity index (χ0n) is 12.3. The molecule has 9 nitrogen and oxygen atoms in total. The lowest BCUT2D eigenvalue weighted by molar-refractivity contribution is -0.277. The van der Waals surface area contributed by atoms with Crippen molar-refractivity contribution >= 4 is 11.0 Å². The summed E-state index contributed by atoms with van der Waals surface area (Å²) in [5, 5.41) is 49.2. The quantitative estimate of drug-likeness (QED) is 0.429. The molecule has 9 heteroatoms. The maximum Gasteiger partial charge on any atom is 0.336 e. The summed E-state index contributed by atoms with van der Waals surface area (Å²) in [6.45, 7) is -0.608. The lowest BCUT2D eigenvalue weighted by Crippen LogP contribution is -2.60. The van der Waals surface area contributed by atoms with Crippen LogP contribution in [-0.2, 0) is 4.74 Å². The Balaban J connectivity index is 1.91. The molecule has 1 fully saturated rings. The van der Waals surface area contributed by atoms with Crippen molar-refractivity contribution in [3.63, 3.8) is 0 Å². The summed E-state index contributed by atoms with van der Waals surface area (Å²) in [4.78, 5) is 11.3. The Hall–Kier alpha value is -2.17. The Labute approximate surface area is 134 Å². The molecule has 0 radical (unpaired) electrons. The first-order valence-corrected chi connectivity index (χ1v) is 7.15. The van der Waals surface area contributed by atoms with Crippen LogP contribution in [0.3, 0.4) is 0 Å². The molecule has 1 saturated heterocycles. The monoisotopic (exact) mass is 340 g/mol. The van der Waals surface area contributed by atoms with Crippen molar-refractivity contribution in [2.75, 3.05) is 6.61 Å². The van der Waals surface area contributed by atoms with Crippen LogP contribution in [0.25, 0.3) is 11.0 Å². The molecule has 2 heterocycles. The van der Waals surface area contributed by atoms with E-state index in [1.165, 1.54) is 24.3 Å². The van der Waals surface area contributed by atoms with Gasteiger partial charge in [0.2, 0.25) is 12.0 Å². The maximum atomic E-state index is 11.3. The number of hydrogen-bond acceptors (Lipinski definition) is 9. The molecule has 0 amide bonds. The summed E-state index contributed by atoms with van der Waals surface area (Å²) >= 11 is 0. The van der Waals surface area contributed by atoms with Gasteiger partial charge in [-0.15, -0.1) is 0 Å². The fraction of sp³-hybridized carbons (Fsp3) is 0.400. The SMILES string of the molecule is O=c1ccc2ccc(O[C@@H]3O[C@@H](CO)[C@@H](O)[C@@H](O)[C@H]3O)c(O)c2o1. The van der Waals surface area contributed by atoms with Crippen LogP contribution in [0.1, 0.15) is 0 Å². The van der Waals surface area contributed by atoms with Crippen molar-refractivity contribution in [3.8, 4) is 11.5 Å². The molecule has 3 rings (SSSR count). The Morgan fingerprint density at radius 2 is 1.75 bits per heavy atom. The van der Waals surface area contributed by atoms with E-state index in [4.69, 9.17) is 19.0 Å². The number of phenols is 1. The zero-order chi connectivity index (χ0) is 17.4. The molecule has 2 aromatic rings. The maximum absolute atomic E-state index is 11.3. The van der Waals surface area contributed by atoms with Crippen LogP contribution in [0, 0.1) is 0 Å². The minimum Gasteiger partial charge on any atom is -0.502 e. The minimum absolute atomic E-state index is 0.107. The molecule has 1 aliphatic rings. The summed E-state index contributed by atoms with van der Waals surface area (Å²) in [6.07, 6.45) is -7.36. The van der Waals surface area contributed by atoms with Gasteiger partial charge in [-0.3, -0.25) is 0 Å². The summed E-state index contributed by atoms with van der Waals surface area (Å²) < 4.78 is 15.4. The summed E-state index contributed by atoms with van der Waals surface area (Å²) in [5.74, 6) is -0.650. The van der Waals surface area contributed by atoms with Crippen molar-refractivity contribution < 1.29 is 39.4 Å². The van der Waals surface area contributed by atoms with E-state index in [0.717, 1.165) is 0 Å². The van der Waals surface area contributed by atoms with Crippen molar-refractivity contribution in [1.82, 2.24) is 0 Å². The molecule has 1 aliphatic heterocycles. The lowest BCUT2D eigenvalue weighted by atomic mass is 9.99. The van der Waals surface area contributed by atoms with Crippen molar-refractivity contribution in [2.24, 2.45) is 0 Å². The fourth-order valence-corrected chi connectivity index (χ4v) is 2.48. The first kappa shape index (κ1) is 16.7. The van der Waals surface area contributed by atoms with E-state index in [2.05, 4.69) is 0 Å². The topological polar surface area (TPSA) is 150 Å². The Morgan fingerprint density at radius 1 is 1.04 bits per heavy atom. The van der Waals surface area contributed by atoms with E-state index in [0.29, 0.717) is 5.39 Å². The van der Waals surface area contributed by atoms with Crippen LogP contribution >= 0.6 is 0 Å². The molecular weight excluding hydrogens is 324 g/mol.